The Morgan fingerprint density at radius 2 is 2.15 bits per heavy atom. The van der Waals surface area contributed by atoms with Crippen LogP contribution in [0.15, 0.2) is 27.7 Å². The first-order valence-electron chi connectivity index (χ1n) is 7.01. The predicted molar refractivity (Wildman–Crippen MR) is 88.0 cm³/mol. The summed E-state index contributed by atoms with van der Waals surface area (Å²) in [4.78, 5) is 4.86. The Kier molecular flexibility index (Phi) is 4.09. The van der Waals surface area contributed by atoms with Crippen molar-refractivity contribution in [3.63, 3.8) is 0 Å². The van der Waals surface area contributed by atoms with Crippen molar-refractivity contribution in [1.82, 2.24) is 0 Å². The number of nitrogens with one attached hydrogen (secondary N) is 1. The van der Waals surface area contributed by atoms with E-state index in [0.29, 0.717) is 5.69 Å². The molecule has 1 fully saturated rings. The number of benzene rings is 1. The summed E-state index contributed by atoms with van der Waals surface area (Å²) in [6.07, 6.45) is 4.83. The minimum Gasteiger partial charge on any atom is -0.333 e. The van der Waals surface area contributed by atoms with Gasteiger partial charge >= 0.3 is 0 Å². The molecular formula is C15H18BrFN2S. The van der Waals surface area contributed by atoms with Crippen molar-refractivity contribution >= 4 is 38.5 Å². The highest BCUT2D eigenvalue weighted by Crippen LogP contribution is 2.41. The van der Waals surface area contributed by atoms with Crippen LogP contribution in [0.4, 0.5) is 10.1 Å². The average molecular weight is 357 g/mol. The van der Waals surface area contributed by atoms with E-state index in [2.05, 4.69) is 28.2 Å². The number of hydrogen-bond acceptors (Lipinski definition) is 3. The summed E-state index contributed by atoms with van der Waals surface area (Å²) in [5.74, 6) is 1.60. The van der Waals surface area contributed by atoms with E-state index in [-0.39, 0.29) is 11.4 Å². The molecule has 1 saturated carbocycles. The number of aliphatic imine (C=N–C) groups is 1. The van der Waals surface area contributed by atoms with Crippen LogP contribution in [0, 0.1) is 11.7 Å². The van der Waals surface area contributed by atoms with E-state index in [1.807, 2.05) is 6.07 Å². The second-order valence-corrected chi connectivity index (χ2v) is 7.74. The third kappa shape index (κ3) is 3.03. The predicted octanol–water partition coefficient (Wildman–Crippen LogP) is 5.05. The molecule has 0 amide bonds. The molecule has 2 nitrogen and oxygen atoms in total. The largest absolute Gasteiger partial charge is 0.333 e. The molecular weight excluding hydrogens is 339 g/mol. The van der Waals surface area contributed by atoms with Gasteiger partial charge in [-0.3, -0.25) is 4.99 Å². The van der Waals surface area contributed by atoms with Crippen molar-refractivity contribution in [3.8, 4) is 0 Å². The number of amidine groups is 1. The van der Waals surface area contributed by atoms with Crippen molar-refractivity contribution < 1.29 is 4.39 Å². The standard InChI is InChI=1S/C15H18BrFN2S/c1-10-4-6-15(7-5-10)9-20-14(19-15)18-13-3-2-11(16)8-12(13)17/h2-3,8,10H,4-7,9H2,1H3,(H,18,19). The summed E-state index contributed by atoms with van der Waals surface area (Å²) in [6, 6.07) is 5.06. The third-order valence-electron chi connectivity index (χ3n) is 4.19. The van der Waals surface area contributed by atoms with E-state index in [1.165, 1.54) is 18.9 Å². The van der Waals surface area contributed by atoms with Gasteiger partial charge in [-0.05, 0) is 49.8 Å². The van der Waals surface area contributed by atoms with Crippen molar-refractivity contribution in [2.75, 3.05) is 11.1 Å². The van der Waals surface area contributed by atoms with Gasteiger partial charge in [0.25, 0.3) is 0 Å². The average Bonchev–Trinajstić information content (AvgIpc) is 2.80. The fourth-order valence-corrected chi connectivity index (χ4v) is 4.34. The number of anilines is 1. The van der Waals surface area contributed by atoms with Crippen LogP contribution in [0.5, 0.6) is 0 Å². The lowest BCUT2D eigenvalue weighted by molar-refractivity contribution is 0.273. The van der Waals surface area contributed by atoms with Gasteiger partial charge in [-0.15, -0.1) is 0 Å². The summed E-state index contributed by atoms with van der Waals surface area (Å²) in [6.45, 7) is 2.31. The minimum absolute atomic E-state index is 0.103. The van der Waals surface area contributed by atoms with Crippen molar-refractivity contribution in [2.45, 2.75) is 38.1 Å². The molecule has 0 unspecified atom stereocenters. The van der Waals surface area contributed by atoms with E-state index < -0.39 is 0 Å². The highest BCUT2D eigenvalue weighted by atomic mass is 79.9. The van der Waals surface area contributed by atoms with Crippen molar-refractivity contribution in [3.05, 3.63) is 28.5 Å². The van der Waals surface area contributed by atoms with E-state index in [9.17, 15) is 4.39 Å². The van der Waals surface area contributed by atoms with Crippen LogP contribution in [0.3, 0.4) is 0 Å². The monoisotopic (exact) mass is 356 g/mol. The molecule has 1 N–H and O–H groups in total. The first kappa shape index (κ1) is 14.4. The fourth-order valence-electron chi connectivity index (χ4n) is 2.81. The van der Waals surface area contributed by atoms with Crippen LogP contribution in [0.1, 0.15) is 32.6 Å². The van der Waals surface area contributed by atoms with Gasteiger partial charge < -0.3 is 5.32 Å². The molecule has 0 bridgehead atoms. The summed E-state index contributed by atoms with van der Waals surface area (Å²) >= 11 is 4.99. The van der Waals surface area contributed by atoms with Gasteiger partial charge in [0.05, 0.1) is 11.2 Å². The Balaban J connectivity index is 1.72. The molecule has 1 heterocycles. The van der Waals surface area contributed by atoms with Gasteiger partial charge in [-0.1, -0.05) is 34.6 Å². The Morgan fingerprint density at radius 1 is 1.40 bits per heavy atom. The molecule has 1 aromatic carbocycles. The lowest BCUT2D eigenvalue weighted by Gasteiger charge is -2.32. The van der Waals surface area contributed by atoms with Gasteiger partial charge in [-0.2, -0.15) is 0 Å². The quantitative estimate of drug-likeness (QED) is 0.760. The SMILES string of the molecule is CC1CCC2(CC1)CSC(Nc1ccc(Br)cc1F)=N2. The Labute approximate surface area is 131 Å². The molecule has 20 heavy (non-hydrogen) atoms. The lowest BCUT2D eigenvalue weighted by Crippen LogP contribution is -2.32. The number of nitrogens with zero attached hydrogens (tertiary/aromatic N) is 1. The van der Waals surface area contributed by atoms with Gasteiger partial charge in [0, 0.05) is 10.2 Å². The summed E-state index contributed by atoms with van der Waals surface area (Å²) in [5, 5.41) is 4.00. The number of hydrogen-bond donors (Lipinski definition) is 1. The molecule has 1 aliphatic carbocycles. The minimum atomic E-state index is -0.249. The van der Waals surface area contributed by atoms with Crippen LogP contribution < -0.4 is 5.32 Å². The molecule has 1 aliphatic heterocycles. The smallest absolute Gasteiger partial charge is 0.161 e. The maximum atomic E-state index is 13.8. The molecule has 2 aliphatic rings. The maximum Gasteiger partial charge on any atom is 0.161 e. The Bertz CT molecular complexity index is 539. The molecule has 1 aromatic rings. The van der Waals surface area contributed by atoms with E-state index >= 15 is 0 Å². The lowest BCUT2D eigenvalue weighted by atomic mass is 9.79. The Morgan fingerprint density at radius 3 is 2.85 bits per heavy atom. The number of thioether (sulfide) groups is 1. The topological polar surface area (TPSA) is 24.4 Å². The second kappa shape index (κ2) is 5.68. The summed E-state index contributed by atoms with van der Waals surface area (Å²) < 4.78 is 14.6. The zero-order chi connectivity index (χ0) is 14.2. The molecule has 108 valence electrons. The van der Waals surface area contributed by atoms with Crippen LogP contribution >= 0.6 is 27.7 Å². The molecule has 3 rings (SSSR count). The zero-order valence-electron chi connectivity index (χ0n) is 11.5. The number of halogens is 2. The van der Waals surface area contributed by atoms with E-state index in [0.717, 1.165) is 34.2 Å². The van der Waals surface area contributed by atoms with Crippen molar-refractivity contribution in [2.24, 2.45) is 10.9 Å². The molecule has 5 heteroatoms. The molecule has 0 atom stereocenters. The van der Waals surface area contributed by atoms with Crippen LogP contribution in [-0.4, -0.2) is 16.5 Å². The van der Waals surface area contributed by atoms with Crippen molar-refractivity contribution in [1.29, 1.82) is 0 Å². The maximum absolute atomic E-state index is 13.8. The van der Waals surface area contributed by atoms with Gasteiger partial charge in [-0.25, -0.2) is 4.39 Å². The Hall–Kier alpha value is -0.550. The fraction of sp³-hybridized carbons (Fsp3) is 0.533. The number of rotatable bonds is 1. The normalized spacial score (nSPS) is 29.6. The molecule has 1 spiro atoms. The third-order valence-corrected chi connectivity index (χ3v) is 5.84. The van der Waals surface area contributed by atoms with Gasteiger partial charge in [0.15, 0.2) is 5.17 Å². The first-order chi connectivity index (χ1) is 9.56. The van der Waals surface area contributed by atoms with Crippen LogP contribution in [-0.2, 0) is 0 Å². The molecule has 0 saturated heterocycles. The van der Waals surface area contributed by atoms with Crippen LogP contribution in [0.2, 0.25) is 0 Å². The second-order valence-electron chi connectivity index (χ2n) is 5.86. The van der Waals surface area contributed by atoms with E-state index in [1.54, 1.807) is 17.8 Å². The molecule has 0 radical (unpaired) electrons. The van der Waals surface area contributed by atoms with Gasteiger partial charge in [0.1, 0.15) is 5.82 Å². The highest BCUT2D eigenvalue weighted by Gasteiger charge is 2.38. The first-order valence-corrected chi connectivity index (χ1v) is 8.79. The van der Waals surface area contributed by atoms with Crippen LogP contribution in [0.25, 0.3) is 0 Å². The highest BCUT2D eigenvalue weighted by molar-refractivity contribution is 9.10. The molecule has 0 aromatic heterocycles. The summed E-state index contributed by atoms with van der Waals surface area (Å²) in [7, 11) is 0. The van der Waals surface area contributed by atoms with E-state index in [4.69, 9.17) is 4.99 Å². The van der Waals surface area contributed by atoms with Gasteiger partial charge in [0.2, 0.25) is 0 Å². The zero-order valence-corrected chi connectivity index (χ0v) is 13.9. The summed E-state index contributed by atoms with van der Waals surface area (Å²) in [5.41, 5.74) is 0.603.